The van der Waals surface area contributed by atoms with Crippen molar-refractivity contribution in [2.45, 2.75) is 77.3 Å². The molecule has 0 aliphatic carbocycles. The molecule has 4 nitrogen and oxygen atoms in total. The summed E-state index contributed by atoms with van der Waals surface area (Å²) in [6.07, 6.45) is -15.2. The Balaban J connectivity index is 2.04. The highest BCUT2D eigenvalue weighted by molar-refractivity contribution is 5.89. The molecule has 1 atom stereocenters. The maximum atomic E-state index is 13.7. The van der Waals surface area contributed by atoms with E-state index >= 15 is 0 Å². The van der Waals surface area contributed by atoms with Crippen LogP contribution in [-0.4, -0.2) is 18.2 Å². The molecule has 0 saturated carbocycles. The monoisotopic (exact) mass is 570 g/mol. The topological polar surface area (TPSA) is 41.6 Å². The minimum Gasteiger partial charge on any atom is -0.443 e. The lowest BCUT2D eigenvalue weighted by Gasteiger charge is -2.29. The van der Waals surface area contributed by atoms with Gasteiger partial charge in [-0.25, -0.2) is 4.79 Å². The van der Waals surface area contributed by atoms with Crippen molar-refractivity contribution in [3.63, 3.8) is 0 Å². The summed E-state index contributed by atoms with van der Waals surface area (Å²) in [6, 6.07) is 2.46. The number of anilines is 1. The summed E-state index contributed by atoms with van der Waals surface area (Å²) in [7, 11) is 0. The fraction of sp³-hybridized carbons (Fsp3) is 0.500. The predicted octanol–water partition coefficient (Wildman–Crippen LogP) is 8.42. The number of fused-ring (bicyclic) bond motifs is 1. The number of aryl methyl sites for hydroxylation is 1. The second-order valence-electron chi connectivity index (χ2n) is 10.3. The molecule has 1 aliphatic rings. The van der Waals surface area contributed by atoms with Crippen LogP contribution in [0, 0.1) is 6.92 Å². The summed E-state index contributed by atoms with van der Waals surface area (Å²) >= 11 is 0. The van der Waals surface area contributed by atoms with Crippen LogP contribution < -0.4 is 10.2 Å². The van der Waals surface area contributed by atoms with Crippen LogP contribution in [0.15, 0.2) is 30.3 Å². The third kappa shape index (κ3) is 7.58. The fourth-order valence-electron chi connectivity index (χ4n) is 4.35. The number of hydrogen-bond acceptors (Lipinski definition) is 3. The van der Waals surface area contributed by atoms with Crippen molar-refractivity contribution in [2.75, 3.05) is 11.4 Å². The molecule has 39 heavy (non-hydrogen) atoms. The molecule has 1 amide bonds. The predicted molar refractivity (Wildman–Crippen MR) is 125 cm³/mol. The van der Waals surface area contributed by atoms with Gasteiger partial charge in [-0.3, -0.25) is 4.90 Å². The van der Waals surface area contributed by atoms with Crippen molar-refractivity contribution in [3.05, 3.63) is 63.7 Å². The van der Waals surface area contributed by atoms with E-state index in [2.05, 4.69) is 5.32 Å². The minimum absolute atomic E-state index is 0.0117. The van der Waals surface area contributed by atoms with Crippen LogP contribution in [0.1, 0.15) is 73.0 Å². The smallest absolute Gasteiger partial charge is 0.416 e. The van der Waals surface area contributed by atoms with E-state index in [1.54, 1.807) is 20.8 Å². The van der Waals surface area contributed by atoms with Crippen LogP contribution in [0.3, 0.4) is 0 Å². The number of nitrogens with one attached hydrogen (secondary N) is 1. The van der Waals surface area contributed by atoms with E-state index in [1.807, 2.05) is 0 Å². The molecule has 0 radical (unpaired) electrons. The Labute approximate surface area is 219 Å². The van der Waals surface area contributed by atoms with E-state index in [1.165, 1.54) is 13.0 Å². The molecular weight excluding hydrogens is 543 g/mol. The van der Waals surface area contributed by atoms with Gasteiger partial charge in [0.25, 0.3) is 0 Å². The highest BCUT2D eigenvalue weighted by Gasteiger charge is 2.38. The zero-order valence-corrected chi connectivity index (χ0v) is 21.5. The Kier molecular flexibility index (Phi) is 8.27. The Morgan fingerprint density at radius 2 is 1.46 bits per heavy atom. The highest BCUT2D eigenvalue weighted by Crippen LogP contribution is 2.41. The minimum atomic E-state index is -5.02. The van der Waals surface area contributed by atoms with Gasteiger partial charge in [-0.05, 0) is 81.5 Å². The quantitative estimate of drug-likeness (QED) is 0.377. The van der Waals surface area contributed by atoms with Gasteiger partial charge in [0.05, 0.1) is 22.4 Å². The summed E-state index contributed by atoms with van der Waals surface area (Å²) in [4.78, 5) is 14.0. The first-order chi connectivity index (χ1) is 17.7. The normalized spacial score (nSPS) is 17.1. The highest BCUT2D eigenvalue weighted by atomic mass is 19.4. The third-order valence-corrected chi connectivity index (χ3v) is 6.03. The number of hydrogen-bond donors (Lipinski definition) is 1. The number of nitrogens with zero attached hydrogens (tertiary/aromatic N) is 1. The van der Waals surface area contributed by atoms with Crippen LogP contribution in [0.25, 0.3) is 0 Å². The zero-order valence-electron chi connectivity index (χ0n) is 21.5. The third-order valence-electron chi connectivity index (χ3n) is 6.03. The summed E-state index contributed by atoms with van der Waals surface area (Å²) in [5.41, 5.74) is -5.20. The molecule has 216 valence electrons. The zero-order chi connectivity index (χ0) is 29.6. The average Bonchev–Trinajstić information content (AvgIpc) is 2.93. The Morgan fingerprint density at radius 1 is 0.897 bits per heavy atom. The number of carbonyl (C=O) groups excluding carboxylic acids is 1. The first-order valence-electron chi connectivity index (χ1n) is 11.9. The van der Waals surface area contributed by atoms with Gasteiger partial charge in [-0.2, -0.15) is 39.5 Å². The van der Waals surface area contributed by atoms with Crippen molar-refractivity contribution < 1.29 is 49.0 Å². The molecule has 0 spiro atoms. The van der Waals surface area contributed by atoms with Crippen molar-refractivity contribution >= 4 is 11.8 Å². The number of carbonyl (C=O) groups is 1. The van der Waals surface area contributed by atoms with Crippen LogP contribution in [0.2, 0.25) is 0 Å². The van der Waals surface area contributed by atoms with Crippen molar-refractivity contribution in [3.8, 4) is 0 Å². The molecular formula is C26H27F9N2O2. The second-order valence-corrected chi connectivity index (χ2v) is 10.3. The molecule has 0 aromatic heterocycles. The van der Waals surface area contributed by atoms with Gasteiger partial charge in [-0.15, -0.1) is 0 Å². The van der Waals surface area contributed by atoms with E-state index in [0.717, 1.165) is 11.0 Å². The maximum Gasteiger partial charge on any atom is 0.416 e. The molecule has 2 aromatic rings. The molecule has 0 fully saturated rings. The van der Waals surface area contributed by atoms with Crippen LogP contribution in [0.4, 0.5) is 50.0 Å². The van der Waals surface area contributed by atoms with Crippen LogP contribution >= 0.6 is 0 Å². The summed E-state index contributed by atoms with van der Waals surface area (Å²) in [5.74, 6) is 0. The standard InChI is InChI=1S/C26H27F9N2O2/c1-14-8-18-20(36-13-15-9-16(24(27,28)29)11-17(10-15)25(30,31)32)6-5-7-37(22(38)39-23(2,3)4)21(18)12-19(14)26(33,34)35/h8-12,20,36H,5-7,13H2,1-4H3. The summed E-state index contributed by atoms with van der Waals surface area (Å²) in [5, 5.41) is 2.89. The van der Waals surface area contributed by atoms with Gasteiger partial charge in [0.15, 0.2) is 0 Å². The lowest BCUT2D eigenvalue weighted by Crippen LogP contribution is -2.37. The number of alkyl halides is 9. The molecule has 0 saturated heterocycles. The van der Waals surface area contributed by atoms with Gasteiger partial charge >= 0.3 is 24.6 Å². The molecule has 1 unspecified atom stereocenters. The second kappa shape index (κ2) is 10.5. The van der Waals surface area contributed by atoms with Crippen LogP contribution in [-0.2, 0) is 29.8 Å². The van der Waals surface area contributed by atoms with E-state index < -0.39 is 59.5 Å². The number of rotatable bonds is 3. The van der Waals surface area contributed by atoms with Crippen molar-refractivity contribution in [1.82, 2.24) is 5.32 Å². The summed E-state index contributed by atoms with van der Waals surface area (Å²) in [6.45, 7) is 5.55. The SMILES string of the molecule is Cc1cc2c(cc1C(F)(F)F)N(C(=O)OC(C)(C)C)CCCC2NCc1cc(C(F)(F)F)cc(C(F)(F)F)c1. The number of benzene rings is 2. The Bertz CT molecular complexity index is 1180. The Morgan fingerprint density at radius 3 is 1.95 bits per heavy atom. The fourth-order valence-corrected chi connectivity index (χ4v) is 4.35. The molecule has 0 bridgehead atoms. The number of halogens is 9. The van der Waals surface area contributed by atoms with Crippen molar-refractivity contribution in [2.24, 2.45) is 0 Å². The average molecular weight is 570 g/mol. The van der Waals surface area contributed by atoms with E-state index in [-0.39, 0.29) is 47.8 Å². The molecule has 2 aromatic carbocycles. The lowest BCUT2D eigenvalue weighted by molar-refractivity contribution is -0.143. The molecule has 13 heteroatoms. The van der Waals surface area contributed by atoms with Gasteiger partial charge in [0, 0.05) is 19.1 Å². The first-order valence-corrected chi connectivity index (χ1v) is 11.9. The molecule has 1 N–H and O–H groups in total. The molecule has 1 heterocycles. The van der Waals surface area contributed by atoms with Gasteiger partial charge < -0.3 is 10.1 Å². The van der Waals surface area contributed by atoms with E-state index in [0.29, 0.717) is 12.1 Å². The van der Waals surface area contributed by atoms with Crippen LogP contribution in [0.5, 0.6) is 0 Å². The largest absolute Gasteiger partial charge is 0.443 e. The van der Waals surface area contributed by atoms with Gasteiger partial charge in [0.2, 0.25) is 0 Å². The summed E-state index contributed by atoms with van der Waals surface area (Å²) < 4.78 is 126. The van der Waals surface area contributed by atoms with E-state index in [4.69, 9.17) is 4.74 Å². The van der Waals surface area contributed by atoms with Gasteiger partial charge in [-0.1, -0.05) is 6.07 Å². The van der Waals surface area contributed by atoms with E-state index in [9.17, 15) is 44.3 Å². The number of amides is 1. The first kappa shape index (κ1) is 30.6. The maximum absolute atomic E-state index is 13.7. The Hall–Kier alpha value is -2.96. The molecule has 1 aliphatic heterocycles. The molecule has 3 rings (SSSR count). The lowest BCUT2D eigenvalue weighted by atomic mass is 9.95. The van der Waals surface area contributed by atoms with Gasteiger partial charge in [0.1, 0.15) is 5.60 Å². The number of ether oxygens (including phenoxy) is 1. The van der Waals surface area contributed by atoms with Crippen molar-refractivity contribution in [1.29, 1.82) is 0 Å².